The molecule has 0 saturated carbocycles. The van der Waals surface area contributed by atoms with Gasteiger partial charge in [0.05, 0.1) is 5.39 Å². The Morgan fingerprint density at radius 3 is 1.47 bits per heavy atom. The van der Waals surface area contributed by atoms with Gasteiger partial charge in [-0.25, -0.2) is 0 Å². The van der Waals surface area contributed by atoms with E-state index in [1.54, 1.807) is 0 Å². The van der Waals surface area contributed by atoms with Gasteiger partial charge in [0.2, 0.25) is 0 Å². The molecule has 0 aromatic heterocycles. The van der Waals surface area contributed by atoms with Gasteiger partial charge in [-0.2, -0.15) is 0 Å². The first-order valence-electron chi connectivity index (χ1n) is 17.9. The second-order valence-electron chi connectivity index (χ2n) is 13.3. The van der Waals surface area contributed by atoms with Crippen LogP contribution in [0.2, 0.25) is 0 Å². The number of hydrogen-bond donors (Lipinski definition) is 0. The lowest BCUT2D eigenvalue weighted by Gasteiger charge is -2.26. The van der Waals surface area contributed by atoms with Gasteiger partial charge in [-0.15, -0.1) is 0 Å². The summed E-state index contributed by atoms with van der Waals surface area (Å²) in [6, 6.07) is 70.3. The topological polar surface area (TPSA) is 21.7 Å². The quantitative estimate of drug-likeness (QED) is 0.175. The Morgan fingerprint density at radius 1 is 0.302 bits per heavy atom. The van der Waals surface area contributed by atoms with Gasteiger partial charge >= 0.3 is 0 Å². The molecule has 1 aliphatic heterocycles. The van der Waals surface area contributed by atoms with Crippen molar-refractivity contribution in [3.63, 3.8) is 0 Å². The highest BCUT2D eigenvalue weighted by Crippen LogP contribution is 2.49. The molecule has 53 heavy (non-hydrogen) atoms. The van der Waals surface area contributed by atoms with Crippen molar-refractivity contribution >= 4 is 38.6 Å². The third-order valence-electron chi connectivity index (χ3n) is 10.1. The molecule has 0 bridgehead atoms. The van der Waals surface area contributed by atoms with Gasteiger partial charge in [-0.3, -0.25) is 0 Å². The molecule has 1 heterocycles. The normalized spacial score (nSPS) is 11.7. The van der Waals surface area contributed by atoms with Gasteiger partial charge < -0.3 is 14.4 Å². The van der Waals surface area contributed by atoms with E-state index in [9.17, 15) is 0 Å². The summed E-state index contributed by atoms with van der Waals surface area (Å²) in [6.45, 7) is 0. The van der Waals surface area contributed by atoms with Crippen LogP contribution in [0.1, 0.15) is 0 Å². The number of ether oxygens (including phenoxy) is 2. The van der Waals surface area contributed by atoms with Crippen LogP contribution in [0.5, 0.6) is 23.0 Å². The third kappa shape index (κ3) is 5.56. The molecule has 0 saturated heterocycles. The summed E-state index contributed by atoms with van der Waals surface area (Å²) in [5, 5.41) is 4.55. The van der Waals surface area contributed by atoms with Crippen molar-refractivity contribution in [1.29, 1.82) is 0 Å². The Hall–Kier alpha value is -7.10. The van der Waals surface area contributed by atoms with Crippen molar-refractivity contribution in [2.45, 2.75) is 0 Å². The monoisotopic (exact) mass is 679 g/mol. The van der Waals surface area contributed by atoms with Crippen LogP contribution in [0.15, 0.2) is 200 Å². The molecule has 0 aliphatic carbocycles. The van der Waals surface area contributed by atoms with Crippen LogP contribution < -0.4 is 14.4 Å². The highest BCUT2D eigenvalue weighted by molar-refractivity contribution is 5.97. The minimum atomic E-state index is 0.696. The first-order valence-corrected chi connectivity index (χ1v) is 17.9. The molecule has 0 unspecified atom stereocenters. The summed E-state index contributed by atoms with van der Waals surface area (Å²) in [5.74, 6) is 2.99. The fourth-order valence-corrected chi connectivity index (χ4v) is 7.54. The summed E-state index contributed by atoms with van der Waals surface area (Å²) >= 11 is 0. The van der Waals surface area contributed by atoms with Gasteiger partial charge in [0.25, 0.3) is 0 Å². The van der Waals surface area contributed by atoms with Crippen LogP contribution >= 0.6 is 0 Å². The Labute approximate surface area is 308 Å². The fraction of sp³-hybridized carbons (Fsp3) is 0. The van der Waals surface area contributed by atoms with E-state index >= 15 is 0 Å². The van der Waals surface area contributed by atoms with E-state index in [0.29, 0.717) is 11.5 Å². The second-order valence-corrected chi connectivity index (χ2v) is 13.3. The minimum Gasteiger partial charge on any atom is -0.453 e. The second kappa shape index (κ2) is 12.9. The zero-order chi connectivity index (χ0) is 35.1. The molecule has 0 amide bonds. The van der Waals surface area contributed by atoms with E-state index in [0.717, 1.165) is 50.5 Å². The van der Waals surface area contributed by atoms with E-state index in [-0.39, 0.29) is 0 Å². The first-order chi connectivity index (χ1) is 26.3. The first kappa shape index (κ1) is 30.7. The van der Waals surface area contributed by atoms with E-state index in [1.807, 2.05) is 36.4 Å². The van der Waals surface area contributed by atoms with Crippen molar-refractivity contribution in [2.24, 2.45) is 0 Å². The van der Waals surface area contributed by atoms with Gasteiger partial charge in [0.1, 0.15) is 11.5 Å². The van der Waals surface area contributed by atoms with Crippen LogP contribution in [-0.2, 0) is 0 Å². The maximum absolute atomic E-state index is 6.66. The van der Waals surface area contributed by atoms with Crippen molar-refractivity contribution < 1.29 is 9.47 Å². The van der Waals surface area contributed by atoms with Crippen molar-refractivity contribution in [3.8, 4) is 56.4 Å². The lowest BCUT2D eigenvalue weighted by molar-refractivity contribution is 0.440. The molecule has 0 atom stereocenters. The summed E-state index contributed by atoms with van der Waals surface area (Å²) in [5.41, 5.74) is 10.0. The number of hydrogen-bond acceptors (Lipinski definition) is 3. The molecule has 250 valence electrons. The summed E-state index contributed by atoms with van der Waals surface area (Å²) < 4.78 is 13.2. The molecule has 9 aromatic rings. The minimum absolute atomic E-state index is 0.696. The van der Waals surface area contributed by atoms with Crippen molar-refractivity contribution in [1.82, 2.24) is 0 Å². The van der Waals surface area contributed by atoms with Crippen molar-refractivity contribution in [2.75, 3.05) is 4.90 Å². The molecule has 0 spiro atoms. The van der Waals surface area contributed by atoms with E-state index in [4.69, 9.17) is 9.47 Å². The fourth-order valence-electron chi connectivity index (χ4n) is 7.54. The molecule has 0 N–H and O–H groups in total. The molecule has 10 rings (SSSR count). The molecule has 0 radical (unpaired) electrons. The van der Waals surface area contributed by atoms with Crippen LogP contribution in [0.25, 0.3) is 54.9 Å². The number of para-hydroxylation sites is 1. The van der Waals surface area contributed by atoms with Gasteiger partial charge in [0.15, 0.2) is 11.5 Å². The molecule has 3 nitrogen and oxygen atoms in total. The summed E-state index contributed by atoms with van der Waals surface area (Å²) in [6.07, 6.45) is 0. The molecule has 1 aliphatic rings. The molecular formula is C50H33NO2. The predicted molar refractivity (Wildman–Crippen MR) is 219 cm³/mol. The van der Waals surface area contributed by atoms with Gasteiger partial charge in [0, 0.05) is 22.6 Å². The largest absolute Gasteiger partial charge is 0.453 e. The summed E-state index contributed by atoms with van der Waals surface area (Å²) in [4.78, 5) is 2.31. The van der Waals surface area contributed by atoms with E-state index in [1.165, 1.54) is 33.0 Å². The Balaban J connectivity index is 1.04. The number of fused-ring (bicyclic) bond motifs is 2. The van der Waals surface area contributed by atoms with Crippen LogP contribution in [0, 0.1) is 0 Å². The smallest absolute Gasteiger partial charge is 0.177 e. The standard InChI is InChI=1S/C50H33NO2/c1-2-10-34(11-3-1)35-22-28-40(29-23-35)51(41-30-24-37(25-31-41)44-17-6-13-36-12-4-5-16-43(36)44)42-32-26-38(27-33-42)45-18-9-21-48-50(45)53-47-20-8-15-39-14-7-19-46(52-48)49(39)47/h1-33H. The maximum Gasteiger partial charge on any atom is 0.177 e. The number of rotatable bonds is 6. The molecular weight excluding hydrogens is 647 g/mol. The van der Waals surface area contributed by atoms with E-state index in [2.05, 4.69) is 169 Å². The van der Waals surface area contributed by atoms with Gasteiger partial charge in [-0.05, 0) is 98.6 Å². The molecule has 0 fully saturated rings. The van der Waals surface area contributed by atoms with Crippen molar-refractivity contribution in [3.05, 3.63) is 200 Å². The van der Waals surface area contributed by atoms with E-state index < -0.39 is 0 Å². The van der Waals surface area contributed by atoms with Crippen LogP contribution in [-0.4, -0.2) is 0 Å². The molecule has 3 heteroatoms. The number of benzene rings is 9. The number of nitrogens with zero attached hydrogens (tertiary/aromatic N) is 1. The summed E-state index contributed by atoms with van der Waals surface area (Å²) in [7, 11) is 0. The lowest BCUT2D eigenvalue weighted by atomic mass is 9.98. The highest BCUT2D eigenvalue weighted by Gasteiger charge is 2.22. The zero-order valence-corrected chi connectivity index (χ0v) is 28.8. The average molecular weight is 680 g/mol. The number of anilines is 3. The maximum atomic E-state index is 6.66. The average Bonchev–Trinajstić information content (AvgIpc) is 3.39. The van der Waals surface area contributed by atoms with Crippen LogP contribution in [0.3, 0.4) is 0 Å². The van der Waals surface area contributed by atoms with Crippen LogP contribution in [0.4, 0.5) is 17.1 Å². The Bertz CT molecular complexity index is 2740. The lowest BCUT2D eigenvalue weighted by Crippen LogP contribution is -2.09. The zero-order valence-electron chi connectivity index (χ0n) is 28.8. The Kier molecular flexibility index (Phi) is 7.47. The SMILES string of the molecule is c1ccc(-c2ccc(N(c3ccc(-c4cccc5c4Oc4cccc6cccc(c46)O5)cc3)c3ccc(-c4cccc5ccccc45)cc3)cc2)cc1. The third-order valence-corrected chi connectivity index (χ3v) is 10.1. The highest BCUT2D eigenvalue weighted by atomic mass is 16.5. The Morgan fingerprint density at radius 2 is 0.774 bits per heavy atom. The van der Waals surface area contributed by atoms with Gasteiger partial charge in [-0.1, -0.05) is 146 Å². The predicted octanol–water partition coefficient (Wildman–Crippen LogP) is 14.4. The molecule has 9 aromatic carbocycles.